The van der Waals surface area contributed by atoms with E-state index in [1.807, 2.05) is 6.07 Å². The Hall–Kier alpha value is -1.80. The Balaban J connectivity index is 1.65. The highest BCUT2D eigenvalue weighted by Crippen LogP contribution is 2.28. The van der Waals surface area contributed by atoms with Crippen LogP contribution in [-0.4, -0.2) is 24.0 Å². The fraction of sp³-hybridized carbons (Fsp3) is 0.400. The maximum atomic E-state index is 6.12. The molecule has 0 saturated carbocycles. The van der Waals surface area contributed by atoms with E-state index in [1.165, 1.54) is 23.1 Å². The lowest BCUT2D eigenvalue weighted by Crippen LogP contribution is -2.40. The average Bonchev–Trinajstić information content (AvgIpc) is 2.56. The van der Waals surface area contributed by atoms with Gasteiger partial charge in [-0.15, -0.1) is 0 Å². The highest BCUT2D eigenvalue weighted by molar-refractivity contribution is 5.52. The summed E-state index contributed by atoms with van der Waals surface area (Å²) in [5, 5.41) is 0. The normalized spacial score (nSPS) is 17.5. The summed E-state index contributed by atoms with van der Waals surface area (Å²) in [6, 6.07) is 17.8. The molecule has 0 aromatic heterocycles. The standard InChI is InChI=1S/C20H26N2/c1-2-22(14-13-16-7-4-3-5-8-16)18-11-12-19-17(15-18)9-6-10-20(19)21/h3-10,18H,2,11-15,21H2,1H3. The highest BCUT2D eigenvalue weighted by atomic mass is 15.1. The lowest BCUT2D eigenvalue weighted by Gasteiger charge is -2.35. The van der Waals surface area contributed by atoms with Crippen LogP contribution in [0.5, 0.6) is 0 Å². The van der Waals surface area contributed by atoms with E-state index in [9.17, 15) is 0 Å². The molecule has 1 aliphatic carbocycles. The van der Waals surface area contributed by atoms with Crippen molar-refractivity contribution in [2.24, 2.45) is 0 Å². The first kappa shape index (κ1) is 15.1. The van der Waals surface area contributed by atoms with E-state index in [0.29, 0.717) is 6.04 Å². The number of benzene rings is 2. The number of nitrogen functional groups attached to an aromatic ring is 1. The Labute approximate surface area is 134 Å². The minimum Gasteiger partial charge on any atom is -0.398 e. The van der Waals surface area contributed by atoms with Gasteiger partial charge in [0.05, 0.1) is 0 Å². The Morgan fingerprint density at radius 3 is 2.68 bits per heavy atom. The smallest absolute Gasteiger partial charge is 0.0349 e. The SMILES string of the molecule is CCN(CCc1ccccc1)C1CCc2c(N)cccc2C1. The molecule has 116 valence electrons. The second kappa shape index (κ2) is 6.97. The van der Waals surface area contributed by atoms with E-state index in [2.05, 4.69) is 54.3 Å². The highest BCUT2D eigenvalue weighted by Gasteiger charge is 2.24. The Morgan fingerprint density at radius 1 is 1.09 bits per heavy atom. The van der Waals surface area contributed by atoms with Crippen molar-refractivity contribution >= 4 is 5.69 Å². The molecule has 0 bridgehead atoms. The predicted octanol–water partition coefficient (Wildman–Crippen LogP) is 3.69. The summed E-state index contributed by atoms with van der Waals surface area (Å²) in [5.41, 5.74) is 11.4. The largest absolute Gasteiger partial charge is 0.398 e. The van der Waals surface area contributed by atoms with Gasteiger partial charge in [-0.3, -0.25) is 4.90 Å². The molecule has 2 nitrogen and oxygen atoms in total. The van der Waals surface area contributed by atoms with Gasteiger partial charge in [-0.25, -0.2) is 0 Å². The van der Waals surface area contributed by atoms with E-state index >= 15 is 0 Å². The summed E-state index contributed by atoms with van der Waals surface area (Å²) < 4.78 is 0. The summed E-state index contributed by atoms with van der Waals surface area (Å²) in [5.74, 6) is 0. The molecule has 0 spiro atoms. The molecule has 0 amide bonds. The zero-order valence-electron chi connectivity index (χ0n) is 13.5. The predicted molar refractivity (Wildman–Crippen MR) is 94.1 cm³/mol. The first-order valence-corrected chi connectivity index (χ1v) is 8.42. The van der Waals surface area contributed by atoms with E-state index < -0.39 is 0 Å². The van der Waals surface area contributed by atoms with Gasteiger partial charge in [0.15, 0.2) is 0 Å². The number of nitrogens with two attached hydrogens (primary N) is 1. The zero-order valence-corrected chi connectivity index (χ0v) is 13.5. The maximum absolute atomic E-state index is 6.12. The topological polar surface area (TPSA) is 29.3 Å². The van der Waals surface area contributed by atoms with Crippen LogP contribution in [0.15, 0.2) is 48.5 Å². The molecule has 2 aromatic rings. The van der Waals surface area contributed by atoms with E-state index in [-0.39, 0.29) is 0 Å². The second-order valence-electron chi connectivity index (χ2n) is 6.25. The molecule has 1 unspecified atom stereocenters. The third kappa shape index (κ3) is 3.33. The zero-order chi connectivity index (χ0) is 15.4. The van der Waals surface area contributed by atoms with Gasteiger partial charge in [0, 0.05) is 18.3 Å². The number of anilines is 1. The van der Waals surface area contributed by atoms with Gasteiger partial charge in [-0.05, 0) is 55.0 Å². The van der Waals surface area contributed by atoms with Crippen molar-refractivity contribution in [2.45, 2.75) is 38.6 Å². The van der Waals surface area contributed by atoms with Crippen LogP contribution in [0, 0.1) is 0 Å². The fourth-order valence-corrected chi connectivity index (χ4v) is 3.65. The third-order valence-electron chi connectivity index (χ3n) is 4.95. The summed E-state index contributed by atoms with van der Waals surface area (Å²) in [4.78, 5) is 2.64. The lowest BCUT2D eigenvalue weighted by atomic mass is 9.86. The van der Waals surface area contributed by atoms with Crippen LogP contribution >= 0.6 is 0 Å². The van der Waals surface area contributed by atoms with Gasteiger partial charge in [-0.2, -0.15) is 0 Å². The molecule has 2 aromatic carbocycles. The monoisotopic (exact) mass is 294 g/mol. The number of nitrogens with zero attached hydrogens (tertiary/aromatic N) is 1. The number of fused-ring (bicyclic) bond motifs is 1. The molecule has 0 fully saturated rings. The molecule has 2 N–H and O–H groups in total. The van der Waals surface area contributed by atoms with Gasteiger partial charge in [0.2, 0.25) is 0 Å². The first-order valence-electron chi connectivity index (χ1n) is 8.42. The van der Waals surface area contributed by atoms with Crippen molar-refractivity contribution in [1.82, 2.24) is 4.90 Å². The van der Waals surface area contributed by atoms with Crippen LogP contribution in [0.2, 0.25) is 0 Å². The van der Waals surface area contributed by atoms with Crippen molar-refractivity contribution in [3.63, 3.8) is 0 Å². The van der Waals surface area contributed by atoms with Crippen molar-refractivity contribution in [2.75, 3.05) is 18.8 Å². The number of rotatable bonds is 5. The number of hydrogen-bond donors (Lipinski definition) is 1. The molecule has 0 aliphatic heterocycles. The second-order valence-corrected chi connectivity index (χ2v) is 6.25. The summed E-state index contributed by atoms with van der Waals surface area (Å²) in [6.45, 7) is 4.54. The third-order valence-corrected chi connectivity index (χ3v) is 4.95. The first-order chi connectivity index (χ1) is 10.8. The molecule has 1 atom stereocenters. The van der Waals surface area contributed by atoms with E-state index in [1.54, 1.807) is 0 Å². The molecule has 0 heterocycles. The molecular formula is C20H26N2. The Morgan fingerprint density at radius 2 is 1.91 bits per heavy atom. The van der Waals surface area contributed by atoms with Crippen LogP contribution in [0.25, 0.3) is 0 Å². The van der Waals surface area contributed by atoms with Gasteiger partial charge in [0.1, 0.15) is 0 Å². The maximum Gasteiger partial charge on any atom is 0.0349 e. The van der Waals surface area contributed by atoms with Crippen LogP contribution in [-0.2, 0) is 19.3 Å². The number of likely N-dealkylation sites (N-methyl/N-ethyl adjacent to an activating group) is 1. The van der Waals surface area contributed by atoms with E-state index in [0.717, 1.165) is 38.0 Å². The van der Waals surface area contributed by atoms with Crippen molar-refractivity contribution in [3.05, 3.63) is 65.2 Å². The Kier molecular flexibility index (Phi) is 4.79. The van der Waals surface area contributed by atoms with Crippen molar-refractivity contribution in [1.29, 1.82) is 0 Å². The van der Waals surface area contributed by atoms with Crippen LogP contribution in [0.3, 0.4) is 0 Å². The van der Waals surface area contributed by atoms with Gasteiger partial charge in [-0.1, -0.05) is 49.4 Å². The Bertz CT molecular complexity index is 606. The van der Waals surface area contributed by atoms with Crippen molar-refractivity contribution < 1.29 is 0 Å². The van der Waals surface area contributed by atoms with Gasteiger partial charge >= 0.3 is 0 Å². The minimum atomic E-state index is 0.656. The summed E-state index contributed by atoms with van der Waals surface area (Å²) in [7, 11) is 0. The minimum absolute atomic E-state index is 0.656. The molecule has 0 radical (unpaired) electrons. The number of hydrogen-bond acceptors (Lipinski definition) is 2. The summed E-state index contributed by atoms with van der Waals surface area (Å²) in [6.07, 6.45) is 4.62. The molecule has 0 saturated heterocycles. The fourth-order valence-electron chi connectivity index (χ4n) is 3.65. The van der Waals surface area contributed by atoms with Crippen molar-refractivity contribution in [3.8, 4) is 0 Å². The average molecular weight is 294 g/mol. The molecule has 22 heavy (non-hydrogen) atoms. The van der Waals surface area contributed by atoms with Crippen LogP contribution in [0.1, 0.15) is 30.0 Å². The molecular weight excluding hydrogens is 268 g/mol. The molecule has 1 aliphatic rings. The quantitative estimate of drug-likeness (QED) is 0.852. The molecule has 3 rings (SSSR count). The van der Waals surface area contributed by atoms with Crippen LogP contribution < -0.4 is 5.73 Å². The van der Waals surface area contributed by atoms with Crippen LogP contribution in [0.4, 0.5) is 5.69 Å². The van der Waals surface area contributed by atoms with Gasteiger partial charge in [0.25, 0.3) is 0 Å². The molecule has 2 heteroatoms. The van der Waals surface area contributed by atoms with E-state index in [4.69, 9.17) is 5.73 Å². The lowest BCUT2D eigenvalue weighted by molar-refractivity contribution is 0.191. The summed E-state index contributed by atoms with van der Waals surface area (Å²) >= 11 is 0. The van der Waals surface area contributed by atoms with Gasteiger partial charge < -0.3 is 5.73 Å².